The number of unbranched alkanes of at least 4 members (excludes halogenated alkanes) is 3. The molecule has 1 atom stereocenters. The van der Waals surface area contributed by atoms with Gasteiger partial charge in [-0.2, -0.15) is 0 Å². The number of anilines is 1. The van der Waals surface area contributed by atoms with Gasteiger partial charge in [0.05, 0.1) is 11.8 Å². The molecule has 1 unspecified atom stereocenters. The molecule has 4 nitrogen and oxygen atoms in total. The molecule has 0 bridgehead atoms. The lowest BCUT2D eigenvalue weighted by molar-refractivity contribution is 0.0938. The lowest BCUT2D eigenvalue weighted by atomic mass is 10.1. The van der Waals surface area contributed by atoms with Crippen molar-refractivity contribution in [2.75, 3.05) is 12.4 Å². The SMILES string of the molecule is CCCCCCC(C)NC(=O)c1cc(F)cnc1NC. The van der Waals surface area contributed by atoms with Gasteiger partial charge in [-0.1, -0.05) is 32.6 Å². The van der Waals surface area contributed by atoms with Gasteiger partial charge < -0.3 is 10.6 Å². The van der Waals surface area contributed by atoms with Crippen molar-refractivity contribution in [3.05, 3.63) is 23.6 Å². The maximum absolute atomic E-state index is 13.2. The monoisotopic (exact) mass is 281 g/mol. The van der Waals surface area contributed by atoms with E-state index in [0.717, 1.165) is 19.0 Å². The number of hydrogen-bond donors (Lipinski definition) is 2. The Morgan fingerprint density at radius 2 is 2.15 bits per heavy atom. The van der Waals surface area contributed by atoms with Gasteiger partial charge in [-0.25, -0.2) is 9.37 Å². The van der Waals surface area contributed by atoms with Gasteiger partial charge in [-0.05, 0) is 19.4 Å². The molecule has 1 amide bonds. The summed E-state index contributed by atoms with van der Waals surface area (Å²) in [4.78, 5) is 16.0. The Kier molecular flexibility index (Phi) is 6.98. The number of halogens is 1. The zero-order chi connectivity index (χ0) is 15.0. The van der Waals surface area contributed by atoms with E-state index in [1.54, 1.807) is 7.05 Å². The summed E-state index contributed by atoms with van der Waals surface area (Å²) in [5, 5.41) is 5.69. The van der Waals surface area contributed by atoms with Gasteiger partial charge in [0.15, 0.2) is 0 Å². The van der Waals surface area contributed by atoms with E-state index in [1.807, 2.05) is 6.92 Å². The summed E-state index contributed by atoms with van der Waals surface area (Å²) in [7, 11) is 1.66. The topological polar surface area (TPSA) is 54.0 Å². The predicted molar refractivity (Wildman–Crippen MR) is 79.4 cm³/mol. The lowest BCUT2D eigenvalue weighted by Crippen LogP contribution is -2.33. The molecule has 1 aromatic rings. The molecule has 0 aliphatic rings. The Morgan fingerprint density at radius 1 is 1.40 bits per heavy atom. The molecule has 5 heteroatoms. The first-order chi connectivity index (χ1) is 9.58. The van der Waals surface area contributed by atoms with Crippen LogP contribution in [0.2, 0.25) is 0 Å². The highest BCUT2D eigenvalue weighted by atomic mass is 19.1. The molecule has 1 aromatic heterocycles. The first-order valence-electron chi connectivity index (χ1n) is 7.22. The van der Waals surface area contributed by atoms with Crippen LogP contribution in [0.5, 0.6) is 0 Å². The van der Waals surface area contributed by atoms with Gasteiger partial charge in [0.25, 0.3) is 5.91 Å². The molecular formula is C15H24FN3O. The number of amides is 1. The summed E-state index contributed by atoms with van der Waals surface area (Å²) in [6.07, 6.45) is 6.72. The summed E-state index contributed by atoms with van der Waals surface area (Å²) in [5.74, 6) is -0.406. The second-order valence-corrected chi connectivity index (χ2v) is 5.02. The van der Waals surface area contributed by atoms with Crippen molar-refractivity contribution in [3.8, 4) is 0 Å². The average Bonchev–Trinajstić information content (AvgIpc) is 2.43. The fourth-order valence-electron chi connectivity index (χ4n) is 2.06. The Balaban J connectivity index is 2.55. The number of hydrogen-bond acceptors (Lipinski definition) is 3. The Bertz CT molecular complexity index is 437. The first-order valence-corrected chi connectivity index (χ1v) is 7.22. The summed E-state index contributed by atoms with van der Waals surface area (Å²) >= 11 is 0. The highest BCUT2D eigenvalue weighted by Crippen LogP contribution is 2.13. The molecule has 0 aliphatic carbocycles. The number of aromatic nitrogens is 1. The number of carbonyl (C=O) groups is 1. The molecule has 2 N–H and O–H groups in total. The molecule has 0 saturated heterocycles. The molecule has 112 valence electrons. The Hall–Kier alpha value is -1.65. The molecule has 1 rings (SSSR count). The van der Waals surface area contributed by atoms with Crippen LogP contribution in [0.25, 0.3) is 0 Å². The number of rotatable bonds is 8. The lowest BCUT2D eigenvalue weighted by Gasteiger charge is -2.15. The number of nitrogens with zero attached hydrogens (tertiary/aromatic N) is 1. The van der Waals surface area contributed by atoms with Crippen molar-refractivity contribution in [2.24, 2.45) is 0 Å². The van der Waals surface area contributed by atoms with Crippen molar-refractivity contribution < 1.29 is 9.18 Å². The number of carbonyl (C=O) groups excluding carboxylic acids is 1. The summed E-state index contributed by atoms with van der Waals surface area (Å²) in [6, 6.07) is 1.28. The summed E-state index contributed by atoms with van der Waals surface area (Å²) < 4.78 is 13.2. The zero-order valence-electron chi connectivity index (χ0n) is 12.5. The minimum absolute atomic E-state index is 0.0762. The van der Waals surface area contributed by atoms with Gasteiger partial charge in [0.1, 0.15) is 11.6 Å². The van der Waals surface area contributed by atoms with Gasteiger partial charge >= 0.3 is 0 Å². The molecule has 0 radical (unpaired) electrons. The van der Waals surface area contributed by atoms with Crippen LogP contribution >= 0.6 is 0 Å². The third-order valence-electron chi connectivity index (χ3n) is 3.20. The second-order valence-electron chi connectivity index (χ2n) is 5.02. The maximum atomic E-state index is 13.2. The smallest absolute Gasteiger partial charge is 0.255 e. The predicted octanol–water partition coefficient (Wildman–Crippen LogP) is 3.35. The van der Waals surface area contributed by atoms with Gasteiger partial charge in [0.2, 0.25) is 0 Å². The number of nitrogens with one attached hydrogen (secondary N) is 2. The minimum atomic E-state index is -0.509. The quantitative estimate of drug-likeness (QED) is 0.718. The van der Waals surface area contributed by atoms with Crippen LogP contribution in [-0.4, -0.2) is 24.0 Å². The van der Waals surface area contributed by atoms with Crippen LogP contribution in [0.4, 0.5) is 10.2 Å². The average molecular weight is 281 g/mol. The third kappa shape index (κ3) is 5.15. The van der Waals surface area contributed by atoms with E-state index in [4.69, 9.17) is 0 Å². The minimum Gasteiger partial charge on any atom is -0.372 e. The van der Waals surface area contributed by atoms with Crippen LogP contribution in [0, 0.1) is 5.82 Å². The molecular weight excluding hydrogens is 257 g/mol. The van der Waals surface area contributed by atoms with Crippen molar-refractivity contribution >= 4 is 11.7 Å². The Labute approximate surface area is 120 Å². The van der Waals surface area contributed by atoms with E-state index in [-0.39, 0.29) is 17.5 Å². The molecule has 20 heavy (non-hydrogen) atoms. The van der Waals surface area contributed by atoms with E-state index in [1.165, 1.54) is 25.3 Å². The Morgan fingerprint density at radius 3 is 2.80 bits per heavy atom. The summed E-state index contributed by atoms with van der Waals surface area (Å²) in [6.45, 7) is 4.14. The largest absolute Gasteiger partial charge is 0.372 e. The standard InChI is InChI=1S/C15H24FN3O/c1-4-5-6-7-8-11(2)19-15(20)13-9-12(16)10-18-14(13)17-3/h9-11H,4-8H2,1-3H3,(H,17,18)(H,19,20). The van der Waals surface area contributed by atoms with Crippen molar-refractivity contribution in [1.82, 2.24) is 10.3 Å². The van der Waals surface area contributed by atoms with E-state index < -0.39 is 5.82 Å². The van der Waals surface area contributed by atoms with Crippen LogP contribution < -0.4 is 10.6 Å². The van der Waals surface area contributed by atoms with Crippen LogP contribution in [-0.2, 0) is 0 Å². The van der Waals surface area contributed by atoms with E-state index in [9.17, 15) is 9.18 Å². The van der Waals surface area contributed by atoms with Gasteiger partial charge in [-0.3, -0.25) is 4.79 Å². The first kappa shape index (κ1) is 16.4. The molecule has 1 heterocycles. The zero-order valence-corrected chi connectivity index (χ0v) is 12.5. The molecule has 0 aliphatic heterocycles. The van der Waals surface area contributed by atoms with Crippen LogP contribution in [0.15, 0.2) is 12.3 Å². The van der Waals surface area contributed by atoms with Crippen molar-refractivity contribution in [2.45, 2.75) is 52.0 Å². The second kappa shape index (κ2) is 8.51. The van der Waals surface area contributed by atoms with Gasteiger partial charge in [0, 0.05) is 13.1 Å². The van der Waals surface area contributed by atoms with Crippen molar-refractivity contribution in [3.63, 3.8) is 0 Å². The van der Waals surface area contributed by atoms with E-state index >= 15 is 0 Å². The normalized spacial score (nSPS) is 12.0. The fourth-order valence-corrected chi connectivity index (χ4v) is 2.06. The van der Waals surface area contributed by atoms with E-state index in [2.05, 4.69) is 22.5 Å². The summed E-state index contributed by atoms with van der Waals surface area (Å²) in [5.41, 5.74) is 0.243. The molecule has 0 aromatic carbocycles. The van der Waals surface area contributed by atoms with Gasteiger partial charge in [-0.15, -0.1) is 0 Å². The van der Waals surface area contributed by atoms with Crippen LogP contribution in [0.3, 0.4) is 0 Å². The molecule has 0 spiro atoms. The molecule has 0 saturated carbocycles. The van der Waals surface area contributed by atoms with Crippen LogP contribution in [0.1, 0.15) is 56.3 Å². The highest BCUT2D eigenvalue weighted by molar-refractivity contribution is 5.98. The number of pyridine rings is 1. The van der Waals surface area contributed by atoms with E-state index in [0.29, 0.717) is 5.82 Å². The fraction of sp³-hybridized carbons (Fsp3) is 0.600. The maximum Gasteiger partial charge on any atom is 0.255 e. The van der Waals surface area contributed by atoms with Crippen molar-refractivity contribution in [1.29, 1.82) is 0 Å². The highest BCUT2D eigenvalue weighted by Gasteiger charge is 2.15. The third-order valence-corrected chi connectivity index (χ3v) is 3.20. The molecule has 0 fully saturated rings.